The van der Waals surface area contributed by atoms with Gasteiger partial charge in [-0.1, -0.05) is 26.0 Å². The number of anilines is 1. The number of hydrogen-bond acceptors (Lipinski definition) is 3. The molecular formula is C15H22N2O2. The molecule has 0 radical (unpaired) electrons. The predicted octanol–water partition coefficient (Wildman–Crippen LogP) is 2.07. The molecule has 0 aliphatic carbocycles. The van der Waals surface area contributed by atoms with E-state index in [0.29, 0.717) is 18.2 Å². The van der Waals surface area contributed by atoms with Crippen LogP contribution >= 0.6 is 0 Å². The molecule has 0 saturated carbocycles. The van der Waals surface area contributed by atoms with Crippen LogP contribution in [-0.4, -0.2) is 25.7 Å². The Bertz CT molecular complexity index is 442. The second-order valence-electron chi connectivity index (χ2n) is 4.82. The highest BCUT2D eigenvalue weighted by atomic mass is 16.5. The topological polar surface area (TPSA) is 64.3 Å². The van der Waals surface area contributed by atoms with Gasteiger partial charge >= 0.3 is 0 Å². The first-order valence-corrected chi connectivity index (χ1v) is 6.36. The molecule has 1 aromatic carbocycles. The lowest BCUT2D eigenvalue weighted by Gasteiger charge is -2.20. The third-order valence-corrected chi connectivity index (χ3v) is 2.82. The molecule has 0 spiro atoms. The summed E-state index contributed by atoms with van der Waals surface area (Å²) in [6, 6.07) is 7.40. The number of nitrogens with one attached hydrogen (secondary N) is 1. The number of hydrogen-bond donors (Lipinski definition) is 2. The zero-order chi connectivity index (χ0) is 14.3. The van der Waals surface area contributed by atoms with Crippen molar-refractivity contribution in [3.63, 3.8) is 0 Å². The van der Waals surface area contributed by atoms with E-state index in [1.807, 2.05) is 38.1 Å². The minimum absolute atomic E-state index is 0.0167. The third kappa shape index (κ3) is 5.57. The monoisotopic (exact) mass is 262 g/mol. The molecule has 0 fully saturated rings. The van der Waals surface area contributed by atoms with Crippen molar-refractivity contribution in [2.45, 2.75) is 19.9 Å². The maximum Gasteiger partial charge on any atom is 0.244 e. The van der Waals surface area contributed by atoms with Crippen LogP contribution in [-0.2, 0) is 9.53 Å². The van der Waals surface area contributed by atoms with Gasteiger partial charge in [0, 0.05) is 18.9 Å². The number of nitrogen functional groups attached to an aromatic ring is 1. The second-order valence-corrected chi connectivity index (χ2v) is 4.82. The minimum atomic E-state index is -0.127. The van der Waals surface area contributed by atoms with E-state index in [0.717, 1.165) is 5.56 Å². The van der Waals surface area contributed by atoms with E-state index in [1.165, 1.54) is 6.08 Å². The van der Waals surface area contributed by atoms with Gasteiger partial charge in [-0.2, -0.15) is 0 Å². The molecule has 1 atom stereocenters. The van der Waals surface area contributed by atoms with Crippen LogP contribution in [0.25, 0.3) is 6.08 Å². The van der Waals surface area contributed by atoms with Crippen LogP contribution in [0.4, 0.5) is 5.69 Å². The number of methoxy groups -OCH3 is 1. The number of carbonyl (C=O) groups excluding carboxylic acids is 1. The molecule has 0 aliphatic rings. The third-order valence-electron chi connectivity index (χ3n) is 2.82. The average molecular weight is 262 g/mol. The molecule has 19 heavy (non-hydrogen) atoms. The molecule has 1 unspecified atom stereocenters. The molecule has 0 saturated heterocycles. The van der Waals surface area contributed by atoms with Crippen LogP contribution in [0.1, 0.15) is 19.4 Å². The van der Waals surface area contributed by atoms with Gasteiger partial charge in [0.25, 0.3) is 0 Å². The van der Waals surface area contributed by atoms with E-state index in [2.05, 4.69) is 5.32 Å². The maximum absolute atomic E-state index is 11.8. The summed E-state index contributed by atoms with van der Waals surface area (Å²) in [5, 5.41) is 2.92. The summed E-state index contributed by atoms with van der Waals surface area (Å²) in [6.07, 6.45) is 3.26. The first-order chi connectivity index (χ1) is 9.02. The van der Waals surface area contributed by atoms with Crippen LogP contribution in [0, 0.1) is 5.92 Å². The Morgan fingerprint density at radius 1 is 1.47 bits per heavy atom. The Kier molecular flexibility index (Phi) is 6.09. The summed E-state index contributed by atoms with van der Waals surface area (Å²) >= 11 is 0. The zero-order valence-electron chi connectivity index (χ0n) is 11.7. The van der Waals surface area contributed by atoms with Gasteiger partial charge in [0.1, 0.15) is 0 Å². The van der Waals surface area contributed by atoms with Crippen molar-refractivity contribution in [1.29, 1.82) is 0 Å². The van der Waals surface area contributed by atoms with Gasteiger partial charge in [0.05, 0.1) is 12.6 Å². The largest absolute Gasteiger partial charge is 0.399 e. The van der Waals surface area contributed by atoms with Gasteiger partial charge in [-0.3, -0.25) is 4.79 Å². The second kappa shape index (κ2) is 7.59. The van der Waals surface area contributed by atoms with E-state index in [1.54, 1.807) is 13.2 Å². The van der Waals surface area contributed by atoms with Gasteiger partial charge in [-0.15, -0.1) is 0 Å². The van der Waals surface area contributed by atoms with Crippen molar-refractivity contribution in [3.05, 3.63) is 35.9 Å². The molecule has 0 heterocycles. The molecule has 4 heteroatoms. The van der Waals surface area contributed by atoms with Crippen LogP contribution < -0.4 is 11.1 Å². The van der Waals surface area contributed by atoms with Gasteiger partial charge in [0.2, 0.25) is 5.91 Å². The standard InChI is InChI=1S/C15H22N2O2/c1-11(2)14(10-19-3)17-15(18)8-7-12-5-4-6-13(16)9-12/h4-9,11,14H,10,16H2,1-3H3,(H,17,18)/b8-7+. The number of ether oxygens (including phenoxy) is 1. The number of benzene rings is 1. The highest BCUT2D eigenvalue weighted by Gasteiger charge is 2.14. The normalized spacial score (nSPS) is 12.8. The number of rotatable bonds is 6. The Morgan fingerprint density at radius 3 is 2.79 bits per heavy atom. The predicted molar refractivity (Wildman–Crippen MR) is 78.5 cm³/mol. The fraction of sp³-hybridized carbons (Fsp3) is 0.400. The van der Waals surface area contributed by atoms with E-state index in [9.17, 15) is 4.79 Å². The van der Waals surface area contributed by atoms with Crippen molar-refractivity contribution in [2.75, 3.05) is 19.5 Å². The Balaban J connectivity index is 2.59. The van der Waals surface area contributed by atoms with Crippen molar-refractivity contribution in [3.8, 4) is 0 Å². The average Bonchev–Trinajstić information content (AvgIpc) is 2.36. The van der Waals surface area contributed by atoms with Crippen LogP contribution in [0.5, 0.6) is 0 Å². The summed E-state index contributed by atoms with van der Waals surface area (Å²) in [5.41, 5.74) is 7.26. The molecule has 1 rings (SSSR count). The first kappa shape index (κ1) is 15.2. The first-order valence-electron chi connectivity index (χ1n) is 6.36. The summed E-state index contributed by atoms with van der Waals surface area (Å²) in [7, 11) is 1.63. The molecule has 0 aliphatic heterocycles. The van der Waals surface area contributed by atoms with Gasteiger partial charge in [0.15, 0.2) is 0 Å². The molecule has 1 amide bonds. The van der Waals surface area contributed by atoms with Gasteiger partial charge in [-0.05, 0) is 29.7 Å². The lowest BCUT2D eigenvalue weighted by atomic mass is 10.1. The Labute approximate surface area is 114 Å². The van der Waals surface area contributed by atoms with Gasteiger partial charge in [-0.25, -0.2) is 0 Å². The number of carbonyl (C=O) groups is 1. The highest BCUT2D eigenvalue weighted by molar-refractivity contribution is 5.92. The van der Waals surface area contributed by atoms with Crippen LogP contribution in [0.15, 0.2) is 30.3 Å². The fourth-order valence-electron chi connectivity index (χ4n) is 1.65. The molecule has 3 N–H and O–H groups in total. The van der Waals surface area contributed by atoms with Crippen LogP contribution in [0.2, 0.25) is 0 Å². The Hall–Kier alpha value is -1.81. The molecule has 1 aromatic rings. The minimum Gasteiger partial charge on any atom is -0.399 e. The van der Waals surface area contributed by atoms with Gasteiger partial charge < -0.3 is 15.8 Å². The van der Waals surface area contributed by atoms with E-state index < -0.39 is 0 Å². The SMILES string of the molecule is COCC(NC(=O)/C=C/c1cccc(N)c1)C(C)C. The lowest BCUT2D eigenvalue weighted by Crippen LogP contribution is -2.40. The molecule has 4 nitrogen and oxygen atoms in total. The number of amides is 1. The van der Waals surface area contributed by atoms with E-state index >= 15 is 0 Å². The van der Waals surface area contributed by atoms with Crippen molar-refractivity contribution in [2.24, 2.45) is 5.92 Å². The zero-order valence-corrected chi connectivity index (χ0v) is 11.7. The van der Waals surface area contributed by atoms with Crippen molar-refractivity contribution >= 4 is 17.7 Å². The lowest BCUT2D eigenvalue weighted by molar-refractivity contribution is -0.117. The van der Waals surface area contributed by atoms with Crippen molar-refractivity contribution in [1.82, 2.24) is 5.32 Å². The highest BCUT2D eigenvalue weighted by Crippen LogP contribution is 2.08. The van der Waals surface area contributed by atoms with Crippen LogP contribution in [0.3, 0.4) is 0 Å². The molecular weight excluding hydrogens is 240 g/mol. The summed E-state index contributed by atoms with van der Waals surface area (Å²) in [6.45, 7) is 4.60. The summed E-state index contributed by atoms with van der Waals surface area (Å²) in [5.74, 6) is 0.197. The van der Waals surface area contributed by atoms with Crippen molar-refractivity contribution < 1.29 is 9.53 Å². The summed E-state index contributed by atoms with van der Waals surface area (Å²) in [4.78, 5) is 11.8. The Morgan fingerprint density at radius 2 is 2.21 bits per heavy atom. The fourth-order valence-corrected chi connectivity index (χ4v) is 1.65. The molecule has 0 aromatic heterocycles. The number of nitrogens with two attached hydrogens (primary N) is 1. The maximum atomic E-state index is 11.8. The van der Waals surface area contributed by atoms with E-state index in [4.69, 9.17) is 10.5 Å². The smallest absolute Gasteiger partial charge is 0.244 e. The molecule has 104 valence electrons. The molecule has 0 bridgehead atoms. The summed E-state index contributed by atoms with van der Waals surface area (Å²) < 4.78 is 5.09. The van der Waals surface area contributed by atoms with E-state index in [-0.39, 0.29) is 11.9 Å². The quantitative estimate of drug-likeness (QED) is 0.609.